The zero-order valence-electron chi connectivity index (χ0n) is 9.58. The van der Waals surface area contributed by atoms with E-state index in [1.54, 1.807) is 7.11 Å². The van der Waals surface area contributed by atoms with Crippen molar-refractivity contribution >= 4 is 18.7 Å². The predicted octanol–water partition coefficient (Wildman–Crippen LogP) is 3.65. The second kappa shape index (κ2) is 5.86. The minimum atomic E-state index is 0.894. The van der Waals surface area contributed by atoms with Crippen molar-refractivity contribution in [3.63, 3.8) is 0 Å². The summed E-state index contributed by atoms with van der Waals surface area (Å²) in [6, 6.07) is 4.13. The lowest BCUT2D eigenvalue weighted by atomic mass is 10.0. The largest absolute Gasteiger partial charge is 0.497 e. The van der Waals surface area contributed by atoms with Crippen LogP contribution < -0.4 is 4.74 Å². The minimum Gasteiger partial charge on any atom is -0.497 e. The molecule has 0 N–H and O–H groups in total. The number of methoxy groups -OCH3 is 1. The van der Waals surface area contributed by atoms with E-state index in [2.05, 4.69) is 50.8 Å². The van der Waals surface area contributed by atoms with Crippen LogP contribution in [0.2, 0.25) is 0 Å². The average Bonchev–Trinajstić information content (AvgIpc) is 2.22. The molecule has 0 aromatic heterocycles. The van der Waals surface area contributed by atoms with E-state index in [4.69, 9.17) is 4.74 Å². The van der Waals surface area contributed by atoms with Crippen molar-refractivity contribution in [2.45, 2.75) is 20.3 Å². The van der Waals surface area contributed by atoms with E-state index < -0.39 is 0 Å². The van der Waals surface area contributed by atoms with Gasteiger partial charge in [-0.2, -0.15) is 12.6 Å². The Morgan fingerprint density at radius 2 is 1.87 bits per heavy atom. The monoisotopic (exact) mass is 222 g/mol. The number of hydrogen-bond acceptors (Lipinski definition) is 2. The van der Waals surface area contributed by atoms with Crippen LogP contribution in [0.3, 0.4) is 0 Å². The van der Waals surface area contributed by atoms with Gasteiger partial charge in [-0.3, -0.25) is 0 Å². The molecular formula is C13H18OS. The summed E-state index contributed by atoms with van der Waals surface area (Å²) in [6.07, 6.45) is 5.34. The number of allylic oxidation sites excluding steroid dienone is 1. The van der Waals surface area contributed by atoms with Crippen LogP contribution in [0.4, 0.5) is 0 Å². The van der Waals surface area contributed by atoms with E-state index in [0.29, 0.717) is 0 Å². The Bertz CT molecular complexity index is 333. The lowest BCUT2D eigenvalue weighted by molar-refractivity contribution is 0.414. The number of benzene rings is 1. The van der Waals surface area contributed by atoms with E-state index in [9.17, 15) is 0 Å². The molecule has 0 atom stereocenters. The molecule has 1 aromatic rings. The topological polar surface area (TPSA) is 9.23 Å². The van der Waals surface area contributed by atoms with Gasteiger partial charge >= 0.3 is 0 Å². The molecule has 1 aromatic carbocycles. The Labute approximate surface area is 97.6 Å². The van der Waals surface area contributed by atoms with Crippen LogP contribution in [0.1, 0.15) is 23.1 Å². The molecule has 0 aliphatic carbocycles. The Morgan fingerprint density at radius 1 is 1.27 bits per heavy atom. The molecule has 0 unspecified atom stereocenters. The maximum Gasteiger partial charge on any atom is 0.119 e. The van der Waals surface area contributed by atoms with E-state index >= 15 is 0 Å². The second-order valence-corrected chi connectivity index (χ2v) is 4.04. The standard InChI is InChI=1S/C13H18OS/c1-10-8-12(14-3)9-11(2)13(10)6-4-5-7-15/h4,6,8-9,15H,5,7H2,1-3H3. The maximum atomic E-state index is 5.22. The van der Waals surface area contributed by atoms with Gasteiger partial charge in [-0.05, 0) is 54.8 Å². The Morgan fingerprint density at radius 3 is 2.33 bits per heavy atom. The van der Waals surface area contributed by atoms with Gasteiger partial charge in [0.05, 0.1) is 7.11 Å². The summed E-state index contributed by atoms with van der Waals surface area (Å²) < 4.78 is 5.22. The lowest BCUT2D eigenvalue weighted by Gasteiger charge is -2.08. The van der Waals surface area contributed by atoms with Gasteiger partial charge in [0, 0.05) is 0 Å². The van der Waals surface area contributed by atoms with Gasteiger partial charge in [0.15, 0.2) is 0 Å². The fourth-order valence-electron chi connectivity index (χ4n) is 1.59. The summed E-state index contributed by atoms with van der Waals surface area (Å²) in [7, 11) is 1.70. The molecule has 82 valence electrons. The first-order valence-corrected chi connectivity index (χ1v) is 5.75. The van der Waals surface area contributed by atoms with Crippen LogP contribution in [-0.4, -0.2) is 12.9 Å². The van der Waals surface area contributed by atoms with Crippen LogP contribution in [0, 0.1) is 13.8 Å². The number of aryl methyl sites for hydroxylation is 2. The predicted molar refractivity (Wildman–Crippen MR) is 70.0 cm³/mol. The van der Waals surface area contributed by atoms with Crippen LogP contribution in [-0.2, 0) is 0 Å². The van der Waals surface area contributed by atoms with Crippen molar-refractivity contribution < 1.29 is 4.74 Å². The molecule has 0 amide bonds. The summed E-state index contributed by atoms with van der Waals surface area (Å²) in [5.41, 5.74) is 3.79. The van der Waals surface area contributed by atoms with Gasteiger partial charge in [0.2, 0.25) is 0 Å². The van der Waals surface area contributed by atoms with Crippen molar-refractivity contribution in [3.05, 3.63) is 34.9 Å². The summed E-state index contributed by atoms with van der Waals surface area (Å²) in [5.74, 6) is 1.82. The fourth-order valence-corrected chi connectivity index (χ4v) is 1.74. The van der Waals surface area contributed by atoms with Crippen molar-refractivity contribution in [2.75, 3.05) is 12.9 Å². The van der Waals surface area contributed by atoms with Crippen molar-refractivity contribution in [1.82, 2.24) is 0 Å². The Kier molecular flexibility index (Phi) is 4.76. The fraction of sp³-hybridized carbons (Fsp3) is 0.385. The summed E-state index contributed by atoms with van der Waals surface area (Å²) >= 11 is 4.18. The van der Waals surface area contributed by atoms with Crippen molar-refractivity contribution in [2.24, 2.45) is 0 Å². The van der Waals surface area contributed by atoms with Crippen molar-refractivity contribution in [3.8, 4) is 5.75 Å². The third kappa shape index (κ3) is 3.31. The number of rotatable bonds is 4. The molecule has 0 heterocycles. The van der Waals surface area contributed by atoms with E-state index in [1.807, 2.05) is 0 Å². The SMILES string of the molecule is COc1cc(C)c(C=CCCS)c(C)c1. The van der Waals surface area contributed by atoms with Crippen LogP contribution >= 0.6 is 12.6 Å². The second-order valence-electron chi connectivity index (χ2n) is 3.59. The van der Waals surface area contributed by atoms with E-state index in [1.165, 1.54) is 16.7 Å². The molecule has 0 aliphatic heterocycles. The Hall–Kier alpha value is -0.890. The van der Waals surface area contributed by atoms with Gasteiger partial charge in [0.1, 0.15) is 5.75 Å². The molecule has 0 saturated carbocycles. The van der Waals surface area contributed by atoms with Crippen molar-refractivity contribution in [1.29, 1.82) is 0 Å². The molecule has 0 fully saturated rings. The first-order valence-electron chi connectivity index (χ1n) is 5.11. The molecule has 15 heavy (non-hydrogen) atoms. The number of thiol groups is 1. The minimum absolute atomic E-state index is 0.894. The third-order valence-corrected chi connectivity index (χ3v) is 2.64. The number of ether oxygens (including phenoxy) is 1. The third-order valence-electron chi connectivity index (χ3n) is 2.38. The highest BCUT2D eigenvalue weighted by atomic mass is 32.1. The number of hydrogen-bond donors (Lipinski definition) is 1. The van der Waals surface area contributed by atoms with Crippen LogP contribution in [0.15, 0.2) is 18.2 Å². The summed E-state index contributed by atoms with van der Waals surface area (Å²) in [6.45, 7) is 4.21. The zero-order chi connectivity index (χ0) is 11.3. The van der Waals surface area contributed by atoms with E-state index in [-0.39, 0.29) is 0 Å². The van der Waals surface area contributed by atoms with Gasteiger partial charge in [-0.25, -0.2) is 0 Å². The molecule has 2 heteroatoms. The first kappa shape index (κ1) is 12.2. The molecule has 0 saturated heterocycles. The highest BCUT2D eigenvalue weighted by molar-refractivity contribution is 7.80. The highest BCUT2D eigenvalue weighted by Crippen LogP contribution is 2.22. The van der Waals surface area contributed by atoms with Crippen LogP contribution in [0.25, 0.3) is 6.08 Å². The smallest absolute Gasteiger partial charge is 0.119 e. The Balaban J connectivity index is 2.98. The summed E-state index contributed by atoms with van der Waals surface area (Å²) in [5, 5.41) is 0. The molecule has 0 aliphatic rings. The molecule has 0 bridgehead atoms. The van der Waals surface area contributed by atoms with Gasteiger partial charge in [0.25, 0.3) is 0 Å². The normalized spacial score (nSPS) is 10.9. The van der Waals surface area contributed by atoms with Gasteiger partial charge in [-0.15, -0.1) is 0 Å². The lowest BCUT2D eigenvalue weighted by Crippen LogP contribution is -1.90. The highest BCUT2D eigenvalue weighted by Gasteiger charge is 2.01. The molecule has 1 rings (SSSR count). The maximum absolute atomic E-state index is 5.22. The first-order chi connectivity index (χ1) is 7.19. The molecular weight excluding hydrogens is 204 g/mol. The molecule has 0 spiro atoms. The molecule has 0 radical (unpaired) electrons. The molecule has 1 nitrogen and oxygen atoms in total. The summed E-state index contributed by atoms with van der Waals surface area (Å²) in [4.78, 5) is 0. The van der Waals surface area contributed by atoms with Gasteiger partial charge < -0.3 is 4.74 Å². The average molecular weight is 222 g/mol. The van der Waals surface area contributed by atoms with E-state index in [0.717, 1.165) is 17.9 Å². The van der Waals surface area contributed by atoms with Crippen LogP contribution in [0.5, 0.6) is 5.75 Å². The quantitative estimate of drug-likeness (QED) is 0.765. The zero-order valence-corrected chi connectivity index (χ0v) is 10.5. The van der Waals surface area contributed by atoms with Gasteiger partial charge in [-0.1, -0.05) is 12.2 Å².